The molecule has 0 aromatic heterocycles. The number of anilines is 1. The molecule has 0 fully saturated rings. The Kier molecular flexibility index (Phi) is 5.78. The average Bonchev–Trinajstić information content (AvgIpc) is 2.48. The molecule has 1 amide bonds. The molecule has 2 aromatic carbocycles. The molecule has 0 saturated heterocycles. The van der Waals surface area contributed by atoms with Crippen molar-refractivity contribution in [1.29, 1.82) is 0 Å². The van der Waals surface area contributed by atoms with Gasteiger partial charge < -0.3 is 15.8 Å². The highest BCUT2D eigenvalue weighted by Gasteiger charge is 2.07. The molecular weight excluding hydrogens is 332 g/mol. The third kappa shape index (κ3) is 4.88. The maximum absolute atomic E-state index is 11.9. The fourth-order valence-electron chi connectivity index (χ4n) is 1.90. The van der Waals surface area contributed by atoms with E-state index in [0.29, 0.717) is 18.7 Å². The highest BCUT2D eigenvalue weighted by atomic mass is 79.9. The van der Waals surface area contributed by atoms with E-state index in [4.69, 9.17) is 10.5 Å². The standard InChI is InChI=1S/C16H17BrN2O2/c17-13-6-7-15(12(10-13)8-9-18)21-11-16(20)19-14-4-2-1-3-5-14/h1-7,10H,8-9,11,18H2,(H,19,20). The molecule has 4 nitrogen and oxygen atoms in total. The van der Waals surface area contributed by atoms with Crippen LogP contribution in [0.2, 0.25) is 0 Å². The van der Waals surface area contributed by atoms with Crippen LogP contribution in [-0.2, 0) is 11.2 Å². The smallest absolute Gasteiger partial charge is 0.262 e. The van der Waals surface area contributed by atoms with Gasteiger partial charge in [-0.1, -0.05) is 34.1 Å². The predicted molar refractivity (Wildman–Crippen MR) is 87.5 cm³/mol. The molecule has 0 unspecified atom stereocenters. The SMILES string of the molecule is NCCc1cc(Br)ccc1OCC(=O)Nc1ccccc1. The third-order valence-electron chi connectivity index (χ3n) is 2.85. The summed E-state index contributed by atoms with van der Waals surface area (Å²) in [5.74, 6) is 0.495. The maximum Gasteiger partial charge on any atom is 0.262 e. The van der Waals surface area contributed by atoms with Crippen LogP contribution in [0.4, 0.5) is 5.69 Å². The van der Waals surface area contributed by atoms with Crippen LogP contribution in [0.25, 0.3) is 0 Å². The second kappa shape index (κ2) is 7.81. The lowest BCUT2D eigenvalue weighted by Gasteiger charge is -2.11. The molecule has 0 spiro atoms. The number of nitrogens with two attached hydrogens (primary N) is 1. The highest BCUT2D eigenvalue weighted by Crippen LogP contribution is 2.23. The van der Waals surface area contributed by atoms with Gasteiger partial charge in [-0.3, -0.25) is 4.79 Å². The molecule has 2 aromatic rings. The van der Waals surface area contributed by atoms with E-state index >= 15 is 0 Å². The molecule has 0 bridgehead atoms. The van der Waals surface area contributed by atoms with Gasteiger partial charge in [-0.05, 0) is 48.9 Å². The van der Waals surface area contributed by atoms with E-state index in [1.54, 1.807) is 0 Å². The van der Waals surface area contributed by atoms with Gasteiger partial charge in [0.15, 0.2) is 6.61 Å². The number of hydrogen-bond acceptors (Lipinski definition) is 3. The van der Waals surface area contributed by atoms with Crippen LogP contribution >= 0.6 is 15.9 Å². The summed E-state index contributed by atoms with van der Waals surface area (Å²) in [4.78, 5) is 11.9. The minimum Gasteiger partial charge on any atom is -0.483 e. The monoisotopic (exact) mass is 348 g/mol. The van der Waals surface area contributed by atoms with Crippen molar-refractivity contribution in [3.05, 3.63) is 58.6 Å². The molecular formula is C16H17BrN2O2. The Labute approximate surface area is 132 Å². The Morgan fingerprint density at radius 2 is 1.95 bits per heavy atom. The van der Waals surface area contributed by atoms with Gasteiger partial charge in [0.25, 0.3) is 5.91 Å². The van der Waals surface area contributed by atoms with Crippen LogP contribution in [0.1, 0.15) is 5.56 Å². The second-order valence-electron chi connectivity index (χ2n) is 4.49. The molecule has 0 radical (unpaired) electrons. The number of nitrogens with one attached hydrogen (secondary N) is 1. The summed E-state index contributed by atoms with van der Waals surface area (Å²) in [5, 5.41) is 2.78. The van der Waals surface area contributed by atoms with E-state index < -0.39 is 0 Å². The predicted octanol–water partition coefficient (Wildman–Crippen LogP) is 2.97. The Morgan fingerprint density at radius 1 is 1.19 bits per heavy atom. The quantitative estimate of drug-likeness (QED) is 0.843. The summed E-state index contributed by atoms with van der Waals surface area (Å²) >= 11 is 3.41. The summed E-state index contributed by atoms with van der Waals surface area (Å²) in [6, 6.07) is 15.0. The van der Waals surface area contributed by atoms with E-state index in [1.807, 2.05) is 48.5 Å². The second-order valence-corrected chi connectivity index (χ2v) is 5.41. The molecule has 0 atom stereocenters. The minimum absolute atomic E-state index is 0.0336. The topological polar surface area (TPSA) is 64.3 Å². The van der Waals surface area contributed by atoms with Crippen LogP contribution < -0.4 is 15.8 Å². The summed E-state index contributed by atoms with van der Waals surface area (Å²) in [7, 11) is 0. The van der Waals surface area contributed by atoms with Crippen LogP contribution in [0.15, 0.2) is 53.0 Å². The maximum atomic E-state index is 11.9. The average molecular weight is 349 g/mol. The van der Waals surface area contributed by atoms with Crippen molar-refractivity contribution in [3.63, 3.8) is 0 Å². The first-order valence-electron chi connectivity index (χ1n) is 6.65. The highest BCUT2D eigenvalue weighted by molar-refractivity contribution is 9.10. The van der Waals surface area contributed by atoms with Crippen molar-refractivity contribution in [3.8, 4) is 5.75 Å². The fourth-order valence-corrected chi connectivity index (χ4v) is 2.31. The van der Waals surface area contributed by atoms with E-state index in [0.717, 1.165) is 15.7 Å². The van der Waals surface area contributed by atoms with E-state index in [2.05, 4.69) is 21.2 Å². The van der Waals surface area contributed by atoms with Crippen molar-refractivity contribution in [1.82, 2.24) is 0 Å². The zero-order valence-electron chi connectivity index (χ0n) is 11.5. The van der Waals surface area contributed by atoms with Crippen molar-refractivity contribution in [2.45, 2.75) is 6.42 Å². The van der Waals surface area contributed by atoms with Crippen molar-refractivity contribution < 1.29 is 9.53 Å². The molecule has 5 heteroatoms. The Bertz CT molecular complexity index is 602. The number of carbonyl (C=O) groups excluding carboxylic acids is 1. The zero-order valence-corrected chi connectivity index (χ0v) is 13.1. The van der Waals surface area contributed by atoms with Crippen molar-refractivity contribution in [2.75, 3.05) is 18.5 Å². The zero-order chi connectivity index (χ0) is 15.1. The summed E-state index contributed by atoms with van der Waals surface area (Å²) in [5.41, 5.74) is 7.33. The first-order valence-corrected chi connectivity index (χ1v) is 7.44. The number of amides is 1. The van der Waals surface area contributed by atoms with Gasteiger partial charge in [0.2, 0.25) is 0 Å². The molecule has 0 saturated carbocycles. The van der Waals surface area contributed by atoms with Gasteiger partial charge in [0.1, 0.15) is 5.75 Å². The van der Waals surface area contributed by atoms with Crippen LogP contribution in [0.3, 0.4) is 0 Å². The molecule has 110 valence electrons. The largest absolute Gasteiger partial charge is 0.483 e. The van der Waals surface area contributed by atoms with Gasteiger partial charge in [-0.15, -0.1) is 0 Å². The molecule has 0 heterocycles. The van der Waals surface area contributed by atoms with Crippen LogP contribution in [-0.4, -0.2) is 19.1 Å². The number of halogens is 1. The number of ether oxygens (including phenoxy) is 1. The Balaban J connectivity index is 1.95. The molecule has 0 aliphatic rings. The van der Waals surface area contributed by atoms with Gasteiger partial charge in [-0.2, -0.15) is 0 Å². The van der Waals surface area contributed by atoms with Crippen molar-refractivity contribution >= 4 is 27.5 Å². The van der Waals surface area contributed by atoms with Crippen LogP contribution in [0, 0.1) is 0 Å². The summed E-state index contributed by atoms with van der Waals surface area (Å²) in [6.45, 7) is 0.497. The Morgan fingerprint density at radius 3 is 2.67 bits per heavy atom. The lowest BCUT2D eigenvalue weighted by atomic mass is 10.1. The van der Waals surface area contributed by atoms with Crippen molar-refractivity contribution in [2.24, 2.45) is 5.73 Å². The van der Waals surface area contributed by atoms with E-state index in [-0.39, 0.29) is 12.5 Å². The lowest BCUT2D eigenvalue weighted by molar-refractivity contribution is -0.118. The van der Waals surface area contributed by atoms with E-state index in [1.165, 1.54) is 0 Å². The number of carbonyl (C=O) groups is 1. The number of para-hydroxylation sites is 1. The molecule has 2 rings (SSSR count). The normalized spacial score (nSPS) is 10.2. The molecule has 0 aliphatic heterocycles. The molecule has 21 heavy (non-hydrogen) atoms. The fraction of sp³-hybridized carbons (Fsp3) is 0.188. The van der Waals surface area contributed by atoms with Gasteiger partial charge in [-0.25, -0.2) is 0 Å². The first-order chi connectivity index (χ1) is 10.2. The third-order valence-corrected chi connectivity index (χ3v) is 3.35. The molecule has 3 N–H and O–H groups in total. The van der Waals surface area contributed by atoms with Gasteiger partial charge >= 0.3 is 0 Å². The number of benzene rings is 2. The minimum atomic E-state index is -0.192. The lowest BCUT2D eigenvalue weighted by Crippen LogP contribution is -2.20. The number of hydrogen-bond donors (Lipinski definition) is 2. The molecule has 0 aliphatic carbocycles. The van der Waals surface area contributed by atoms with Gasteiger partial charge in [0.05, 0.1) is 0 Å². The number of rotatable bonds is 6. The Hall–Kier alpha value is -1.85. The summed E-state index contributed by atoms with van der Waals surface area (Å²) in [6.07, 6.45) is 0.703. The van der Waals surface area contributed by atoms with Crippen LogP contribution in [0.5, 0.6) is 5.75 Å². The van der Waals surface area contributed by atoms with E-state index in [9.17, 15) is 4.79 Å². The summed E-state index contributed by atoms with van der Waals surface area (Å²) < 4.78 is 6.56. The van der Waals surface area contributed by atoms with Gasteiger partial charge in [0, 0.05) is 10.2 Å². The first kappa shape index (κ1) is 15.5.